The normalized spacial score (nSPS) is 26.5. The Balaban J connectivity index is 1.84. The number of nitrogens with zero attached hydrogens (tertiary/aromatic N) is 2. The second-order valence-corrected chi connectivity index (χ2v) is 5.68. The van der Waals surface area contributed by atoms with Gasteiger partial charge in [-0.15, -0.1) is 0 Å². The zero-order valence-electron chi connectivity index (χ0n) is 12.2. The first-order chi connectivity index (χ1) is 10.5. The molecule has 1 aromatic heterocycles. The van der Waals surface area contributed by atoms with Crippen LogP contribution in [0.1, 0.15) is 24.0 Å². The Morgan fingerprint density at radius 1 is 1.27 bits per heavy atom. The second-order valence-electron chi connectivity index (χ2n) is 5.68. The number of aryl methyl sites for hydroxylation is 1. The van der Waals surface area contributed by atoms with Crippen molar-refractivity contribution in [2.24, 2.45) is 5.92 Å². The van der Waals surface area contributed by atoms with E-state index in [2.05, 4.69) is 9.97 Å². The third-order valence-electron chi connectivity index (χ3n) is 4.26. The fraction of sp³-hybridized carbons (Fsp3) is 0.312. The van der Waals surface area contributed by atoms with Gasteiger partial charge in [0.15, 0.2) is 5.82 Å². The van der Waals surface area contributed by atoms with Gasteiger partial charge < -0.3 is 0 Å². The summed E-state index contributed by atoms with van der Waals surface area (Å²) in [4.78, 5) is 19.9. The molecule has 2 N–H and O–H groups in total. The highest BCUT2D eigenvalue weighted by atomic mass is 19.1. The molecule has 0 radical (unpaired) electrons. The van der Waals surface area contributed by atoms with E-state index >= 15 is 0 Å². The van der Waals surface area contributed by atoms with Crippen molar-refractivity contribution in [2.75, 3.05) is 0 Å². The molecule has 1 aliphatic rings. The highest BCUT2D eigenvalue weighted by molar-refractivity contribution is 5.90. The number of rotatable bonds is 3. The molecule has 0 saturated heterocycles. The number of hydrogen-bond donors (Lipinski definition) is 2. The minimum Gasteiger partial charge on any atom is -0.289 e. The Morgan fingerprint density at radius 3 is 2.41 bits per heavy atom. The Kier molecular flexibility index (Phi) is 3.41. The first kappa shape index (κ1) is 14.6. The van der Waals surface area contributed by atoms with E-state index in [0.717, 1.165) is 16.7 Å². The van der Waals surface area contributed by atoms with Crippen molar-refractivity contribution in [3.8, 4) is 11.4 Å². The number of hydrogen-bond acceptors (Lipinski definition) is 4. The summed E-state index contributed by atoms with van der Waals surface area (Å²) in [7, 11) is 0. The van der Waals surface area contributed by atoms with E-state index in [1.807, 2.05) is 19.1 Å². The van der Waals surface area contributed by atoms with Crippen LogP contribution < -0.4 is 5.48 Å². The molecule has 2 aromatic rings. The molecule has 0 unspecified atom stereocenters. The van der Waals surface area contributed by atoms with E-state index in [0.29, 0.717) is 5.82 Å². The minimum atomic E-state index is -2.05. The van der Waals surface area contributed by atoms with E-state index in [9.17, 15) is 9.18 Å². The maximum Gasteiger partial charge on any atom is 0.281 e. The standard InChI is InChI=1S/C16H16FN3O2/c1-9-7-18-14(19-8-9)12-5-3-11(4-6-12)13-10(2)16(13,17)15(21)20-22/h3-8,10,13,22H,1-2H3,(H,20,21)/t10-,13+,16+/m1/s1. The highest BCUT2D eigenvalue weighted by Crippen LogP contribution is 2.60. The molecule has 22 heavy (non-hydrogen) atoms. The van der Waals surface area contributed by atoms with Gasteiger partial charge in [-0.3, -0.25) is 10.0 Å². The summed E-state index contributed by atoms with van der Waals surface area (Å²) in [5.41, 5.74) is 1.88. The molecule has 1 fully saturated rings. The third-order valence-corrected chi connectivity index (χ3v) is 4.26. The van der Waals surface area contributed by atoms with Gasteiger partial charge in [0, 0.05) is 29.8 Å². The monoisotopic (exact) mass is 301 g/mol. The minimum absolute atomic E-state index is 0.471. The molecule has 114 valence electrons. The number of benzene rings is 1. The summed E-state index contributed by atoms with van der Waals surface area (Å²) in [6.07, 6.45) is 3.47. The summed E-state index contributed by atoms with van der Waals surface area (Å²) < 4.78 is 14.5. The van der Waals surface area contributed by atoms with Crippen LogP contribution in [0, 0.1) is 12.8 Å². The smallest absolute Gasteiger partial charge is 0.281 e. The largest absolute Gasteiger partial charge is 0.289 e. The summed E-state index contributed by atoms with van der Waals surface area (Å²) >= 11 is 0. The van der Waals surface area contributed by atoms with Crippen LogP contribution in [-0.4, -0.2) is 26.8 Å². The summed E-state index contributed by atoms with van der Waals surface area (Å²) in [5, 5.41) is 8.65. The van der Waals surface area contributed by atoms with Crippen LogP contribution in [-0.2, 0) is 4.79 Å². The number of nitrogens with one attached hydrogen (secondary N) is 1. The van der Waals surface area contributed by atoms with E-state index in [4.69, 9.17) is 5.21 Å². The topological polar surface area (TPSA) is 75.1 Å². The first-order valence-corrected chi connectivity index (χ1v) is 7.01. The van der Waals surface area contributed by atoms with E-state index in [-0.39, 0.29) is 0 Å². The predicted molar refractivity (Wildman–Crippen MR) is 77.9 cm³/mol. The molecular formula is C16H16FN3O2. The fourth-order valence-electron chi connectivity index (χ4n) is 2.87. The number of amides is 1. The molecule has 5 nitrogen and oxygen atoms in total. The Morgan fingerprint density at radius 2 is 1.86 bits per heavy atom. The van der Waals surface area contributed by atoms with Crippen LogP contribution in [0.15, 0.2) is 36.7 Å². The molecule has 6 heteroatoms. The molecule has 1 aromatic carbocycles. The van der Waals surface area contributed by atoms with Gasteiger partial charge in [0.25, 0.3) is 5.91 Å². The molecule has 0 bridgehead atoms. The van der Waals surface area contributed by atoms with Gasteiger partial charge in [-0.05, 0) is 18.1 Å². The van der Waals surface area contributed by atoms with Crippen molar-refractivity contribution in [1.29, 1.82) is 0 Å². The molecule has 1 heterocycles. The van der Waals surface area contributed by atoms with Gasteiger partial charge in [0.2, 0.25) is 5.67 Å². The van der Waals surface area contributed by atoms with Crippen LogP contribution >= 0.6 is 0 Å². The lowest BCUT2D eigenvalue weighted by atomic mass is 10.0. The highest BCUT2D eigenvalue weighted by Gasteiger charge is 2.69. The van der Waals surface area contributed by atoms with E-state index < -0.39 is 23.4 Å². The second kappa shape index (κ2) is 5.14. The number of aromatic nitrogens is 2. The van der Waals surface area contributed by atoms with Crippen molar-refractivity contribution in [1.82, 2.24) is 15.4 Å². The molecule has 3 rings (SSSR count). The van der Waals surface area contributed by atoms with Crippen molar-refractivity contribution in [3.05, 3.63) is 47.8 Å². The lowest BCUT2D eigenvalue weighted by Gasteiger charge is -2.06. The van der Waals surface area contributed by atoms with Crippen molar-refractivity contribution < 1.29 is 14.4 Å². The molecule has 3 atom stereocenters. The number of halogens is 1. The number of carbonyl (C=O) groups excluding carboxylic acids is 1. The molecule has 0 spiro atoms. The quantitative estimate of drug-likeness (QED) is 0.674. The van der Waals surface area contributed by atoms with Gasteiger partial charge in [-0.2, -0.15) is 0 Å². The van der Waals surface area contributed by atoms with Crippen LogP contribution in [0.4, 0.5) is 4.39 Å². The number of hydroxylamine groups is 1. The zero-order valence-corrected chi connectivity index (χ0v) is 12.2. The maximum absolute atomic E-state index is 14.5. The van der Waals surface area contributed by atoms with Gasteiger partial charge in [0.1, 0.15) is 0 Å². The van der Waals surface area contributed by atoms with Crippen LogP contribution in [0.2, 0.25) is 0 Å². The fourth-order valence-corrected chi connectivity index (χ4v) is 2.87. The van der Waals surface area contributed by atoms with Gasteiger partial charge in [-0.1, -0.05) is 31.2 Å². The van der Waals surface area contributed by atoms with Gasteiger partial charge in [0.05, 0.1) is 0 Å². The van der Waals surface area contributed by atoms with Gasteiger partial charge >= 0.3 is 0 Å². The molecule has 0 aliphatic heterocycles. The van der Waals surface area contributed by atoms with Crippen LogP contribution in [0.5, 0.6) is 0 Å². The Hall–Kier alpha value is -2.34. The van der Waals surface area contributed by atoms with Crippen LogP contribution in [0.25, 0.3) is 11.4 Å². The lowest BCUT2D eigenvalue weighted by molar-refractivity contribution is -0.136. The molecular weight excluding hydrogens is 285 g/mol. The van der Waals surface area contributed by atoms with E-state index in [1.54, 1.807) is 31.5 Å². The van der Waals surface area contributed by atoms with Crippen LogP contribution in [0.3, 0.4) is 0 Å². The van der Waals surface area contributed by atoms with Crippen molar-refractivity contribution in [3.63, 3.8) is 0 Å². The third kappa shape index (κ3) is 2.16. The van der Waals surface area contributed by atoms with Gasteiger partial charge in [-0.25, -0.2) is 19.8 Å². The Labute approximate surface area is 127 Å². The average Bonchev–Trinajstić information content (AvgIpc) is 3.10. The summed E-state index contributed by atoms with van der Waals surface area (Å²) in [5.74, 6) is -1.41. The maximum atomic E-state index is 14.5. The van der Waals surface area contributed by atoms with Crippen molar-refractivity contribution >= 4 is 5.91 Å². The van der Waals surface area contributed by atoms with Crippen molar-refractivity contribution in [2.45, 2.75) is 25.4 Å². The average molecular weight is 301 g/mol. The number of carbonyl (C=O) groups is 1. The Bertz CT molecular complexity index is 702. The summed E-state index contributed by atoms with van der Waals surface area (Å²) in [6.45, 7) is 3.56. The first-order valence-electron chi connectivity index (χ1n) is 7.01. The number of alkyl halides is 1. The molecule has 1 aliphatic carbocycles. The van der Waals surface area contributed by atoms with E-state index in [1.165, 1.54) is 5.48 Å². The summed E-state index contributed by atoms with van der Waals surface area (Å²) in [6, 6.07) is 7.15. The lowest BCUT2D eigenvalue weighted by Crippen LogP contribution is -2.33. The predicted octanol–water partition coefficient (Wildman–Crippen LogP) is 2.40. The zero-order chi connectivity index (χ0) is 15.9. The SMILES string of the molecule is Cc1cnc(-c2ccc([C@@H]3[C@@H](C)[C@@]3(F)C(=O)NO)cc2)nc1. The molecule has 1 amide bonds. The molecule has 1 saturated carbocycles.